The van der Waals surface area contributed by atoms with Crippen molar-refractivity contribution in [2.75, 3.05) is 0 Å². The molecule has 1 fully saturated rings. The average Bonchev–Trinajstić information content (AvgIpc) is 2.32. The van der Waals surface area contributed by atoms with Crippen LogP contribution in [0.15, 0.2) is 24.4 Å². The van der Waals surface area contributed by atoms with E-state index < -0.39 is 27.4 Å². The standard InChI is InChI=1S/C14H20F2N2O2S/c1-13(2)10-14(15,16)7-6-12(13)18-21(19,20)9-11-5-3-4-8-17-11/h3-5,8,12,18H,6-7,9-10H2,1-2H3. The summed E-state index contributed by atoms with van der Waals surface area (Å²) >= 11 is 0. The first-order chi connectivity index (χ1) is 9.60. The molecule has 1 atom stereocenters. The van der Waals surface area contributed by atoms with E-state index in [1.165, 1.54) is 6.20 Å². The predicted molar refractivity (Wildman–Crippen MR) is 76.4 cm³/mol. The smallest absolute Gasteiger partial charge is 0.248 e. The van der Waals surface area contributed by atoms with Gasteiger partial charge < -0.3 is 0 Å². The summed E-state index contributed by atoms with van der Waals surface area (Å²) in [4.78, 5) is 3.98. The number of pyridine rings is 1. The highest BCUT2D eigenvalue weighted by molar-refractivity contribution is 7.88. The highest BCUT2D eigenvalue weighted by Gasteiger charge is 2.47. The summed E-state index contributed by atoms with van der Waals surface area (Å²) in [7, 11) is -3.60. The molecule has 0 spiro atoms. The Balaban J connectivity index is 2.07. The third-order valence-corrected chi connectivity index (χ3v) is 5.16. The second kappa shape index (κ2) is 5.61. The first kappa shape index (κ1) is 16.3. The van der Waals surface area contributed by atoms with Crippen LogP contribution in [-0.4, -0.2) is 25.4 Å². The number of aromatic nitrogens is 1. The summed E-state index contributed by atoms with van der Waals surface area (Å²) < 4.78 is 53.9. The van der Waals surface area contributed by atoms with Crippen LogP contribution in [0.25, 0.3) is 0 Å². The lowest BCUT2D eigenvalue weighted by Gasteiger charge is -2.42. The van der Waals surface area contributed by atoms with E-state index in [4.69, 9.17) is 0 Å². The molecule has 0 aromatic carbocycles. The van der Waals surface area contributed by atoms with Crippen LogP contribution >= 0.6 is 0 Å². The molecule has 118 valence electrons. The lowest BCUT2D eigenvalue weighted by Crippen LogP contribution is -2.51. The topological polar surface area (TPSA) is 59.1 Å². The number of hydrogen-bond donors (Lipinski definition) is 1. The summed E-state index contributed by atoms with van der Waals surface area (Å²) in [6, 6.07) is 4.56. The van der Waals surface area contributed by atoms with Gasteiger partial charge in [0.1, 0.15) is 5.75 Å². The van der Waals surface area contributed by atoms with E-state index >= 15 is 0 Å². The van der Waals surface area contributed by atoms with Crippen molar-refractivity contribution in [3.8, 4) is 0 Å². The average molecular weight is 318 g/mol. The molecule has 1 aromatic heterocycles. The highest BCUT2D eigenvalue weighted by Crippen LogP contribution is 2.44. The molecule has 1 saturated carbocycles. The van der Waals surface area contributed by atoms with Gasteiger partial charge in [0.25, 0.3) is 0 Å². The van der Waals surface area contributed by atoms with Crippen LogP contribution < -0.4 is 4.72 Å². The van der Waals surface area contributed by atoms with E-state index in [2.05, 4.69) is 9.71 Å². The van der Waals surface area contributed by atoms with E-state index in [1.54, 1.807) is 32.0 Å². The highest BCUT2D eigenvalue weighted by atomic mass is 32.2. The number of nitrogens with zero attached hydrogens (tertiary/aromatic N) is 1. The van der Waals surface area contributed by atoms with Crippen LogP contribution in [0, 0.1) is 5.41 Å². The van der Waals surface area contributed by atoms with Gasteiger partial charge in [-0.25, -0.2) is 21.9 Å². The van der Waals surface area contributed by atoms with Crippen molar-refractivity contribution in [2.24, 2.45) is 5.41 Å². The van der Waals surface area contributed by atoms with Crippen LogP contribution in [0.5, 0.6) is 0 Å². The van der Waals surface area contributed by atoms with E-state index in [9.17, 15) is 17.2 Å². The number of nitrogens with one attached hydrogen (secondary N) is 1. The number of sulfonamides is 1. The molecule has 0 aliphatic heterocycles. The second-order valence-electron chi connectivity index (χ2n) is 6.31. The van der Waals surface area contributed by atoms with Gasteiger partial charge in [-0.05, 0) is 24.0 Å². The molecule has 0 bridgehead atoms. The molecule has 7 heteroatoms. The van der Waals surface area contributed by atoms with Crippen LogP contribution in [0.2, 0.25) is 0 Å². The van der Waals surface area contributed by atoms with Crippen LogP contribution in [0.1, 0.15) is 38.8 Å². The third-order valence-electron chi connectivity index (χ3n) is 3.84. The van der Waals surface area contributed by atoms with Crippen LogP contribution in [-0.2, 0) is 15.8 Å². The zero-order valence-corrected chi connectivity index (χ0v) is 13.0. The number of rotatable bonds is 4. The Morgan fingerprint density at radius 1 is 1.38 bits per heavy atom. The van der Waals surface area contributed by atoms with Crippen molar-refractivity contribution >= 4 is 10.0 Å². The fraction of sp³-hybridized carbons (Fsp3) is 0.643. The molecular formula is C14H20F2N2O2S. The summed E-state index contributed by atoms with van der Waals surface area (Å²) in [5.74, 6) is -2.96. The van der Waals surface area contributed by atoms with Gasteiger partial charge >= 0.3 is 0 Å². The SMILES string of the molecule is CC1(C)CC(F)(F)CCC1NS(=O)(=O)Cc1ccccn1. The van der Waals surface area contributed by atoms with Crippen LogP contribution in [0.3, 0.4) is 0 Å². The maximum absolute atomic E-state index is 13.5. The molecule has 0 amide bonds. The van der Waals surface area contributed by atoms with E-state index in [1.807, 2.05) is 0 Å². The van der Waals surface area contributed by atoms with E-state index in [0.717, 1.165) is 0 Å². The van der Waals surface area contributed by atoms with Crippen LogP contribution in [0.4, 0.5) is 8.78 Å². The molecule has 2 rings (SSSR count). The van der Waals surface area contributed by atoms with Crippen molar-refractivity contribution in [1.29, 1.82) is 0 Å². The molecule has 0 radical (unpaired) electrons. The third kappa shape index (κ3) is 4.44. The summed E-state index contributed by atoms with van der Waals surface area (Å²) in [6.07, 6.45) is 1.07. The number of hydrogen-bond acceptors (Lipinski definition) is 3. The van der Waals surface area contributed by atoms with E-state index in [0.29, 0.717) is 5.69 Å². The molecule has 21 heavy (non-hydrogen) atoms. The summed E-state index contributed by atoms with van der Waals surface area (Å²) in [6.45, 7) is 3.35. The van der Waals surface area contributed by atoms with Gasteiger partial charge in [0.05, 0.1) is 5.69 Å². The van der Waals surface area contributed by atoms with Crippen molar-refractivity contribution in [1.82, 2.24) is 9.71 Å². The van der Waals surface area contributed by atoms with Gasteiger partial charge in [0, 0.05) is 25.1 Å². The molecule has 1 aliphatic carbocycles. The Bertz CT molecular complexity index is 588. The Morgan fingerprint density at radius 2 is 2.10 bits per heavy atom. The Labute approximate surface area is 124 Å². The Morgan fingerprint density at radius 3 is 2.67 bits per heavy atom. The maximum atomic E-state index is 13.5. The first-order valence-electron chi connectivity index (χ1n) is 6.87. The monoisotopic (exact) mass is 318 g/mol. The summed E-state index contributed by atoms with van der Waals surface area (Å²) in [5.41, 5.74) is -0.345. The molecule has 1 aromatic rings. The van der Waals surface area contributed by atoms with Crippen molar-refractivity contribution in [3.05, 3.63) is 30.1 Å². The number of alkyl halides is 2. The lowest BCUT2D eigenvalue weighted by atomic mass is 9.72. The molecular weight excluding hydrogens is 298 g/mol. The minimum absolute atomic E-state index is 0.140. The zero-order valence-electron chi connectivity index (χ0n) is 12.1. The summed E-state index contributed by atoms with van der Waals surface area (Å²) in [5, 5.41) is 0. The van der Waals surface area contributed by atoms with E-state index in [-0.39, 0.29) is 25.0 Å². The van der Waals surface area contributed by atoms with Gasteiger partial charge in [-0.2, -0.15) is 0 Å². The largest absolute Gasteiger partial charge is 0.260 e. The first-order valence-corrected chi connectivity index (χ1v) is 8.53. The predicted octanol–water partition coefficient (Wildman–Crippen LogP) is 2.72. The molecule has 1 heterocycles. The van der Waals surface area contributed by atoms with Gasteiger partial charge in [-0.15, -0.1) is 0 Å². The minimum atomic E-state index is -3.60. The van der Waals surface area contributed by atoms with Gasteiger partial charge in [0.2, 0.25) is 15.9 Å². The maximum Gasteiger partial charge on any atom is 0.248 e. The zero-order chi connectivity index (χ0) is 15.7. The fourth-order valence-corrected chi connectivity index (χ4v) is 4.29. The second-order valence-corrected chi connectivity index (χ2v) is 8.06. The Hall–Kier alpha value is -1.08. The molecule has 4 nitrogen and oxygen atoms in total. The van der Waals surface area contributed by atoms with Gasteiger partial charge in [-0.1, -0.05) is 19.9 Å². The number of halogens is 2. The molecule has 1 N–H and O–H groups in total. The molecule has 1 aliphatic rings. The molecule has 0 saturated heterocycles. The Kier molecular flexibility index (Phi) is 4.35. The normalized spacial score (nSPS) is 24.7. The minimum Gasteiger partial charge on any atom is -0.260 e. The van der Waals surface area contributed by atoms with Crippen molar-refractivity contribution < 1.29 is 17.2 Å². The molecule has 1 unspecified atom stereocenters. The van der Waals surface area contributed by atoms with Gasteiger partial charge in [-0.3, -0.25) is 4.98 Å². The lowest BCUT2D eigenvalue weighted by molar-refractivity contribution is -0.0821. The quantitative estimate of drug-likeness (QED) is 0.928. The van der Waals surface area contributed by atoms with Gasteiger partial charge in [0.15, 0.2) is 0 Å². The van der Waals surface area contributed by atoms with Crippen molar-refractivity contribution in [2.45, 2.75) is 50.8 Å². The fourth-order valence-electron chi connectivity index (χ4n) is 2.78. The van der Waals surface area contributed by atoms with Crippen molar-refractivity contribution in [3.63, 3.8) is 0 Å².